The maximum atomic E-state index is 11.1. The van der Waals surface area contributed by atoms with E-state index in [9.17, 15) is 4.79 Å². The fourth-order valence-corrected chi connectivity index (χ4v) is 1.98. The summed E-state index contributed by atoms with van der Waals surface area (Å²) in [7, 11) is 0. The minimum atomic E-state index is -1.25. The van der Waals surface area contributed by atoms with Gasteiger partial charge in [-0.2, -0.15) is 0 Å². The maximum absolute atomic E-state index is 11.1. The summed E-state index contributed by atoms with van der Waals surface area (Å²) >= 11 is 3.36. The lowest BCUT2D eigenvalue weighted by Crippen LogP contribution is -1.98. The highest BCUT2D eigenvalue weighted by atomic mass is 79.9. The van der Waals surface area contributed by atoms with Gasteiger partial charge in [0.15, 0.2) is 5.11 Å². The number of halogens is 1. The van der Waals surface area contributed by atoms with E-state index in [1.807, 2.05) is 24.3 Å². The Balaban J connectivity index is 2.55. The Hall–Kier alpha value is -2.63. The molecule has 6 nitrogen and oxygen atoms in total. The largest absolute Gasteiger partial charge is 0.476 e. The van der Waals surface area contributed by atoms with E-state index in [4.69, 9.17) is 10.6 Å². The van der Waals surface area contributed by atoms with Crippen molar-refractivity contribution in [2.24, 2.45) is 5.11 Å². The number of carboxylic acid groups (broad SMARTS) is 1. The van der Waals surface area contributed by atoms with Crippen molar-refractivity contribution in [2.75, 3.05) is 0 Å². The highest BCUT2D eigenvalue weighted by molar-refractivity contribution is 9.10. The Morgan fingerprint density at radius 2 is 2.05 bits per heavy atom. The lowest BCUT2D eigenvalue weighted by Gasteiger charge is -2.05. The number of aliphatic carboxylic acids is 1. The van der Waals surface area contributed by atoms with Crippen molar-refractivity contribution < 1.29 is 9.90 Å². The number of hydrogen-bond acceptors (Lipinski definition) is 4. The molecular formula is C14H10BrN4O2+. The number of nitrogens with zero attached hydrogens (tertiary/aromatic N) is 3. The zero-order valence-electron chi connectivity index (χ0n) is 10.7. The molecule has 1 heterocycles. The summed E-state index contributed by atoms with van der Waals surface area (Å²) in [6.45, 7) is 0. The summed E-state index contributed by atoms with van der Waals surface area (Å²) in [5, 5.41) is 12.3. The number of rotatable bonds is 4. The Morgan fingerprint density at radius 1 is 1.33 bits per heavy atom. The molecule has 0 saturated heterocycles. The average molecular weight is 346 g/mol. The Morgan fingerprint density at radius 3 is 2.67 bits per heavy atom. The number of carbonyl (C=O) groups is 1. The smallest absolute Gasteiger partial charge is 0.362 e. The zero-order valence-corrected chi connectivity index (χ0v) is 12.3. The first-order valence-electron chi connectivity index (χ1n) is 5.85. The minimum absolute atomic E-state index is 0.323. The normalized spacial score (nSPS) is 10.8. The van der Waals surface area contributed by atoms with Gasteiger partial charge in [-0.05, 0) is 24.3 Å². The monoisotopic (exact) mass is 345 g/mol. The quantitative estimate of drug-likeness (QED) is 0.503. The number of pyridine rings is 1. The molecule has 0 fully saturated rings. The highest BCUT2D eigenvalue weighted by Gasteiger charge is 2.14. The highest BCUT2D eigenvalue weighted by Crippen LogP contribution is 2.25. The first-order valence-corrected chi connectivity index (χ1v) is 6.64. The van der Waals surface area contributed by atoms with Crippen molar-refractivity contribution in [3.8, 4) is 11.3 Å². The van der Waals surface area contributed by atoms with E-state index in [1.165, 1.54) is 6.08 Å². The van der Waals surface area contributed by atoms with Gasteiger partial charge in [0.25, 0.3) is 0 Å². The van der Waals surface area contributed by atoms with Crippen LogP contribution in [0.2, 0.25) is 0 Å². The molecular weight excluding hydrogens is 336 g/mol. The molecule has 0 aliphatic carbocycles. The van der Waals surface area contributed by atoms with E-state index in [1.54, 1.807) is 18.3 Å². The van der Waals surface area contributed by atoms with E-state index in [0.717, 1.165) is 10.0 Å². The van der Waals surface area contributed by atoms with E-state index < -0.39 is 5.97 Å². The molecule has 0 radical (unpaired) electrons. The van der Waals surface area contributed by atoms with Crippen LogP contribution in [-0.2, 0) is 4.79 Å². The average Bonchev–Trinajstić information content (AvgIpc) is 2.48. The van der Waals surface area contributed by atoms with Crippen molar-refractivity contribution in [3.05, 3.63) is 58.3 Å². The van der Waals surface area contributed by atoms with Crippen LogP contribution in [-0.4, -0.2) is 16.1 Å². The lowest BCUT2D eigenvalue weighted by atomic mass is 10.1. The van der Waals surface area contributed by atoms with Gasteiger partial charge in [-0.1, -0.05) is 34.1 Å². The third-order valence-corrected chi connectivity index (χ3v) is 3.15. The third-order valence-electron chi connectivity index (χ3n) is 2.63. The number of hydrogen-bond donors (Lipinski definition) is 2. The molecule has 0 aliphatic heterocycles. The van der Waals surface area contributed by atoms with Crippen LogP contribution in [0.5, 0.6) is 0 Å². The minimum Gasteiger partial charge on any atom is -0.476 e. The molecule has 2 aromatic rings. The number of carboxylic acids is 1. The number of aromatic nitrogens is 1. The predicted octanol–water partition coefficient (Wildman–Crippen LogP) is 3.49. The molecule has 1 aromatic heterocycles. The molecule has 1 aromatic carbocycles. The van der Waals surface area contributed by atoms with Crippen molar-refractivity contribution in [1.29, 1.82) is 5.53 Å². The summed E-state index contributed by atoms with van der Waals surface area (Å²) in [5.41, 5.74) is 8.41. The van der Waals surface area contributed by atoms with Crippen LogP contribution in [0.25, 0.3) is 17.3 Å². The Labute approximate surface area is 128 Å². The van der Waals surface area contributed by atoms with Crippen LogP contribution in [0, 0.1) is 5.53 Å². The second kappa shape index (κ2) is 6.69. The molecule has 0 bridgehead atoms. The summed E-state index contributed by atoms with van der Waals surface area (Å²) in [5.74, 6) is -1.25. The Bertz CT molecular complexity index is 746. The first-order chi connectivity index (χ1) is 10.1. The predicted molar refractivity (Wildman–Crippen MR) is 80.3 cm³/mol. The summed E-state index contributed by atoms with van der Waals surface area (Å²) in [6.07, 6.45) is 2.96. The Kier molecular flexibility index (Phi) is 4.71. The van der Waals surface area contributed by atoms with Gasteiger partial charge < -0.3 is 5.11 Å². The summed E-state index contributed by atoms with van der Waals surface area (Å²) < 4.78 is 0.938. The fraction of sp³-hybridized carbons (Fsp3) is 0. The van der Waals surface area contributed by atoms with Crippen LogP contribution >= 0.6 is 15.9 Å². The van der Waals surface area contributed by atoms with Gasteiger partial charge in [-0.3, -0.25) is 4.98 Å². The topological polar surface area (TPSA) is 101 Å². The maximum Gasteiger partial charge on any atom is 0.362 e. The second-order valence-electron chi connectivity index (χ2n) is 3.98. The van der Waals surface area contributed by atoms with Crippen LogP contribution in [0.3, 0.4) is 0 Å². The van der Waals surface area contributed by atoms with Gasteiger partial charge in [0, 0.05) is 21.8 Å². The molecule has 0 amide bonds. The molecule has 21 heavy (non-hydrogen) atoms. The molecule has 0 spiro atoms. The van der Waals surface area contributed by atoms with E-state index >= 15 is 0 Å². The summed E-state index contributed by atoms with van der Waals surface area (Å²) in [6, 6.07) is 10.9. The fourth-order valence-electron chi connectivity index (χ4n) is 1.72. The lowest BCUT2D eigenvalue weighted by molar-refractivity contribution is -0.132. The van der Waals surface area contributed by atoms with Crippen molar-refractivity contribution in [3.63, 3.8) is 0 Å². The third kappa shape index (κ3) is 3.68. The van der Waals surface area contributed by atoms with Gasteiger partial charge in [0.05, 0.1) is 5.69 Å². The second-order valence-corrected chi connectivity index (χ2v) is 4.90. The molecule has 2 N–H and O–H groups in total. The van der Waals surface area contributed by atoms with E-state index in [0.29, 0.717) is 11.3 Å². The van der Waals surface area contributed by atoms with Gasteiger partial charge in [-0.15, -0.1) is 0 Å². The van der Waals surface area contributed by atoms with Crippen LogP contribution in [0.4, 0.5) is 0 Å². The molecule has 104 valence electrons. The molecule has 7 heteroatoms. The van der Waals surface area contributed by atoms with Crippen molar-refractivity contribution >= 4 is 28.0 Å². The van der Waals surface area contributed by atoms with Gasteiger partial charge in [-0.25, -0.2) is 4.79 Å². The van der Waals surface area contributed by atoms with E-state index in [-0.39, 0.29) is 5.70 Å². The molecule has 0 aliphatic rings. The van der Waals surface area contributed by atoms with E-state index in [2.05, 4.69) is 30.9 Å². The first kappa shape index (κ1) is 14.8. The van der Waals surface area contributed by atoms with Crippen LogP contribution < -0.4 is 4.91 Å². The van der Waals surface area contributed by atoms with Gasteiger partial charge in [0.1, 0.15) is 5.53 Å². The van der Waals surface area contributed by atoms with Crippen molar-refractivity contribution in [2.45, 2.75) is 0 Å². The summed E-state index contributed by atoms with van der Waals surface area (Å²) in [4.78, 5) is 18.1. The molecule has 0 unspecified atom stereocenters. The number of nitrogens with one attached hydrogen (secondary N) is 1. The SMILES string of the molecule is N=[N+]=NC(=Cc1cccnc1-c1ccc(Br)cc1)C(=O)O. The molecule has 2 rings (SSSR count). The zero-order chi connectivity index (χ0) is 15.2. The number of benzene rings is 1. The van der Waals surface area contributed by atoms with Crippen molar-refractivity contribution in [1.82, 2.24) is 9.90 Å². The molecule has 0 saturated carbocycles. The van der Waals surface area contributed by atoms with Crippen LogP contribution in [0.1, 0.15) is 5.56 Å². The standard InChI is InChI=1S/C14H9BrN4O2/c15-11-5-3-9(4-6-11)13-10(2-1-7-17-13)8-12(14(20)21)18-19-16/h1-8,16H/p+1. The van der Waals surface area contributed by atoms with Gasteiger partial charge in [0.2, 0.25) is 10.6 Å². The molecule has 0 atom stereocenters. The van der Waals surface area contributed by atoms with Gasteiger partial charge >= 0.3 is 5.97 Å². The van der Waals surface area contributed by atoms with Crippen LogP contribution in [0.15, 0.2) is 57.9 Å².